The molecular formula is C22H18FN3O4. The van der Waals surface area contributed by atoms with Gasteiger partial charge in [0.05, 0.1) is 31.6 Å². The Morgan fingerprint density at radius 1 is 0.967 bits per heavy atom. The largest absolute Gasteiger partial charge is 0.493 e. The van der Waals surface area contributed by atoms with Crippen LogP contribution in [0.1, 0.15) is 0 Å². The summed E-state index contributed by atoms with van der Waals surface area (Å²) >= 11 is 0. The van der Waals surface area contributed by atoms with Crippen molar-refractivity contribution in [2.24, 2.45) is 7.05 Å². The Hall–Kier alpha value is -3.94. The SMILES string of the molecule is COc1cc2nccc(Oc3ccc(-c4cncn(C)c4=O)cc3F)c2cc1OC. The molecule has 2 heterocycles. The Bertz CT molecular complexity index is 1300. The van der Waals surface area contributed by atoms with Crippen molar-refractivity contribution in [3.63, 3.8) is 0 Å². The van der Waals surface area contributed by atoms with Crippen LogP contribution in [0, 0.1) is 5.82 Å². The summed E-state index contributed by atoms with van der Waals surface area (Å²) in [5, 5.41) is 0.639. The lowest BCUT2D eigenvalue weighted by molar-refractivity contribution is 0.355. The zero-order valence-corrected chi connectivity index (χ0v) is 16.5. The second kappa shape index (κ2) is 7.82. The summed E-state index contributed by atoms with van der Waals surface area (Å²) in [5.74, 6) is 0.852. The zero-order chi connectivity index (χ0) is 21.3. The van der Waals surface area contributed by atoms with E-state index in [1.165, 1.54) is 43.4 Å². The van der Waals surface area contributed by atoms with Crippen molar-refractivity contribution in [3.05, 3.63) is 71.3 Å². The first-order valence-electron chi connectivity index (χ1n) is 9.01. The van der Waals surface area contributed by atoms with Crippen LogP contribution in [0.3, 0.4) is 0 Å². The molecule has 0 aliphatic carbocycles. The van der Waals surface area contributed by atoms with Crippen LogP contribution in [0.2, 0.25) is 0 Å². The number of methoxy groups -OCH3 is 2. The molecule has 0 N–H and O–H groups in total. The molecule has 0 atom stereocenters. The zero-order valence-electron chi connectivity index (χ0n) is 16.5. The third-order valence-electron chi connectivity index (χ3n) is 4.66. The number of ether oxygens (including phenoxy) is 3. The molecule has 7 nitrogen and oxygen atoms in total. The topological polar surface area (TPSA) is 75.5 Å². The number of hydrogen-bond acceptors (Lipinski definition) is 6. The van der Waals surface area contributed by atoms with E-state index >= 15 is 0 Å². The highest BCUT2D eigenvalue weighted by molar-refractivity contribution is 5.88. The average Bonchev–Trinajstić information content (AvgIpc) is 2.76. The summed E-state index contributed by atoms with van der Waals surface area (Å²) in [6.45, 7) is 0. The van der Waals surface area contributed by atoms with E-state index in [0.29, 0.717) is 39.3 Å². The first-order chi connectivity index (χ1) is 14.5. The second-order valence-corrected chi connectivity index (χ2v) is 6.50. The van der Waals surface area contributed by atoms with E-state index in [2.05, 4.69) is 9.97 Å². The van der Waals surface area contributed by atoms with Crippen molar-refractivity contribution >= 4 is 10.9 Å². The van der Waals surface area contributed by atoms with E-state index in [0.717, 1.165) is 0 Å². The molecule has 0 unspecified atom stereocenters. The van der Waals surface area contributed by atoms with E-state index in [1.807, 2.05) is 0 Å². The van der Waals surface area contributed by atoms with Gasteiger partial charge in [-0.1, -0.05) is 6.07 Å². The van der Waals surface area contributed by atoms with Crippen LogP contribution in [-0.4, -0.2) is 28.8 Å². The maximum atomic E-state index is 14.8. The van der Waals surface area contributed by atoms with Crippen LogP contribution in [0.4, 0.5) is 4.39 Å². The highest BCUT2D eigenvalue weighted by Crippen LogP contribution is 2.37. The molecule has 4 rings (SSSR count). The number of nitrogens with zero attached hydrogens (tertiary/aromatic N) is 3. The van der Waals surface area contributed by atoms with Gasteiger partial charge in [0.1, 0.15) is 5.75 Å². The Morgan fingerprint density at radius 2 is 1.73 bits per heavy atom. The van der Waals surface area contributed by atoms with Crippen LogP contribution in [0.25, 0.3) is 22.0 Å². The fourth-order valence-electron chi connectivity index (χ4n) is 3.11. The van der Waals surface area contributed by atoms with Crippen LogP contribution in [0.15, 0.2) is 59.9 Å². The molecule has 0 saturated heterocycles. The molecule has 30 heavy (non-hydrogen) atoms. The number of halogens is 1. The van der Waals surface area contributed by atoms with Gasteiger partial charge in [-0.15, -0.1) is 0 Å². The standard InChI is InChI=1S/C22H18FN3O4/c1-26-12-24-11-15(22(26)27)13-4-5-19(16(23)8-13)30-18-6-7-25-17-10-21(29-3)20(28-2)9-14(17)18/h4-12H,1-3H3. The van der Waals surface area contributed by atoms with Gasteiger partial charge in [0.25, 0.3) is 5.56 Å². The highest BCUT2D eigenvalue weighted by atomic mass is 19.1. The molecule has 2 aromatic heterocycles. The molecule has 2 aromatic carbocycles. The van der Waals surface area contributed by atoms with Gasteiger partial charge < -0.3 is 18.8 Å². The van der Waals surface area contributed by atoms with Crippen molar-refractivity contribution in [3.8, 4) is 34.1 Å². The van der Waals surface area contributed by atoms with Gasteiger partial charge in [-0.3, -0.25) is 9.78 Å². The van der Waals surface area contributed by atoms with Crippen LogP contribution in [0.5, 0.6) is 23.0 Å². The summed E-state index contributed by atoms with van der Waals surface area (Å²) in [7, 11) is 4.66. The monoisotopic (exact) mass is 407 g/mol. The minimum atomic E-state index is -0.608. The van der Waals surface area contributed by atoms with Gasteiger partial charge in [-0.2, -0.15) is 0 Å². The summed E-state index contributed by atoms with van der Waals surface area (Å²) in [4.78, 5) is 20.6. The highest BCUT2D eigenvalue weighted by Gasteiger charge is 2.14. The predicted molar refractivity (Wildman–Crippen MR) is 110 cm³/mol. The minimum absolute atomic E-state index is 0.0155. The Kier molecular flexibility index (Phi) is 5.05. The number of aryl methyl sites for hydroxylation is 1. The summed E-state index contributed by atoms with van der Waals surface area (Å²) in [6, 6.07) is 9.42. The number of pyridine rings is 1. The molecule has 0 radical (unpaired) electrons. The first kappa shape index (κ1) is 19.4. The van der Waals surface area contributed by atoms with E-state index in [9.17, 15) is 9.18 Å². The third-order valence-corrected chi connectivity index (χ3v) is 4.66. The summed E-state index contributed by atoms with van der Waals surface area (Å²) < 4.78 is 32.6. The number of rotatable bonds is 5. The predicted octanol–water partition coefficient (Wildman–Crippen LogP) is 3.94. The Morgan fingerprint density at radius 3 is 2.47 bits per heavy atom. The van der Waals surface area contributed by atoms with E-state index in [-0.39, 0.29) is 11.3 Å². The van der Waals surface area contributed by atoms with Gasteiger partial charge in [0.2, 0.25) is 0 Å². The summed E-state index contributed by atoms with van der Waals surface area (Å²) in [6.07, 6.45) is 4.38. The summed E-state index contributed by atoms with van der Waals surface area (Å²) in [5.41, 5.74) is 1.07. The molecule has 0 spiro atoms. The molecular weight excluding hydrogens is 389 g/mol. The third kappa shape index (κ3) is 3.43. The van der Waals surface area contributed by atoms with Gasteiger partial charge in [0.15, 0.2) is 23.1 Å². The lowest BCUT2D eigenvalue weighted by atomic mass is 10.1. The fourth-order valence-corrected chi connectivity index (χ4v) is 3.11. The van der Waals surface area contributed by atoms with Crippen LogP contribution >= 0.6 is 0 Å². The van der Waals surface area contributed by atoms with Crippen molar-refractivity contribution in [1.29, 1.82) is 0 Å². The van der Waals surface area contributed by atoms with Gasteiger partial charge >= 0.3 is 0 Å². The first-order valence-corrected chi connectivity index (χ1v) is 9.01. The van der Waals surface area contributed by atoms with Crippen molar-refractivity contribution in [1.82, 2.24) is 14.5 Å². The Balaban J connectivity index is 1.74. The van der Waals surface area contributed by atoms with Gasteiger partial charge in [0, 0.05) is 30.9 Å². The second-order valence-electron chi connectivity index (χ2n) is 6.50. The molecule has 4 aromatic rings. The maximum absolute atomic E-state index is 14.8. The number of fused-ring (bicyclic) bond motifs is 1. The molecule has 0 amide bonds. The fraction of sp³-hybridized carbons (Fsp3) is 0.136. The molecule has 152 valence electrons. The lowest BCUT2D eigenvalue weighted by Gasteiger charge is -2.13. The molecule has 0 aliphatic heterocycles. The number of benzene rings is 2. The van der Waals surface area contributed by atoms with Crippen molar-refractivity contribution in [2.45, 2.75) is 0 Å². The minimum Gasteiger partial charge on any atom is -0.493 e. The van der Waals surface area contributed by atoms with E-state index in [1.54, 1.807) is 37.5 Å². The molecule has 0 aliphatic rings. The van der Waals surface area contributed by atoms with Gasteiger partial charge in [-0.05, 0) is 29.8 Å². The normalized spacial score (nSPS) is 10.8. The van der Waals surface area contributed by atoms with E-state index in [4.69, 9.17) is 14.2 Å². The quantitative estimate of drug-likeness (QED) is 0.499. The van der Waals surface area contributed by atoms with E-state index < -0.39 is 5.82 Å². The van der Waals surface area contributed by atoms with Crippen LogP contribution in [-0.2, 0) is 7.05 Å². The van der Waals surface area contributed by atoms with Crippen molar-refractivity contribution < 1.29 is 18.6 Å². The smallest absolute Gasteiger partial charge is 0.260 e. The maximum Gasteiger partial charge on any atom is 0.260 e. The molecule has 0 saturated carbocycles. The molecule has 8 heteroatoms. The van der Waals surface area contributed by atoms with Gasteiger partial charge in [-0.25, -0.2) is 9.37 Å². The number of hydrogen-bond donors (Lipinski definition) is 0. The molecule has 0 bridgehead atoms. The van der Waals surface area contributed by atoms with Crippen molar-refractivity contribution in [2.75, 3.05) is 14.2 Å². The Labute approximate surface area is 171 Å². The number of aromatic nitrogens is 3. The average molecular weight is 407 g/mol. The van der Waals surface area contributed by atoms with Crippen LogP contribution < -0.4 is 19.8 Å². The molecule has 0 fully saturated rings. The lowest BCUT2D eigenvalue weighted by Crippen LogP contribution is -2.18.